The number of hydrogen-bond donors (Lipinski definition) is 2. The van der Waals surface area contributed by atoms with Crippen molar-refractivity contribution in [1.82, 2.24) is 9.97 Å². The molecular weight excluding hydrogens is 278 g/mol. The summed E-state index contributed by atoms with van der Waals surface area (Å²) in [5.41, 5.74) is 9.15. The van der Waals surface area contributed by atoms with Crippen molar-refractivity contribution in [3.63, 3.8) is 0 Å². The molecule has 0 amide bonds. The third kappa shape index (κ3) is 2.06. The SMILES string of the molecule is N=NC(=N)c1cc(-c2cc(Cl)c3occc3c2)ncn1. The molecule has 0 aliphatic heterocycles. The molecule has 7 heteroatoms. The molecule has 98 valence electrons. The van der Waals surface area contributed by atoms with Gasteiger partial charge in [0.05, 0.1) is 17.0 Å². The highest BCUT2D eigenvalue weighted by Gasteiger charge is 2.10. The number of nitrogens with zero attached hydrogens (tertiary/aromatic N) is 3. The van der Waals surface area contributed by atoms with Crippen molar-refractivity contribution in [2.45, 2.75) is 0 Å². The predicted octanol–water partition coefficient (Wildman–Crippen LogP) is 3.90. The van der Waals surface area contributed by atoms with Gasteiger partial charge in [0.2, 0.25) is 0 Å². The van der Waals surface area contributed by atoms with Gasteiger partial charge in [-0.25, -0.2) is 15.5 Å². The first-order valence-corrected chi connectivity index (χ1v) is 6.02. The average Bonchev–Trinajstić information content (AvgIpc) is 2.95. The van der Waals surface area contributed by atoms with Crippen molar-refractivity contribution in [2.75, 3.05) is 0 Å². The van der Waals surface area contributed by atoms with Crippen LogP contribution in [0.25, 0.3) is 22.2 Å². The zero-order valence-corrected chi connectivity index (χ0v) is 10.8. The molecular formula is C13H8ClN5O. The predicted molar refractivity (Wildman–Crippen MR) is 74.2 cm³/mol. The minimum atomic E-state index is -0.218. The molecule has 2 aromatic heterocycles. The quantitative estimate of drug-likeness (QED) is 0.424. The number of amidine groups is 1. The summed E-state index contributed by atoms with van der Waals surface area (Å²) in [5, 5.41) is 11.9. The molecule has 3 rings (SSSR count). The lowest BCUT2D eigenvalue weighted by molar-refractivity contribution is 0.616. The van der Waals surface area contributed by atoms with E-state index in [1.54, 1.807) is 18.4 Å². The van der Waals surface area contributed by atoms with E-state index < -0.39 is 0 Å². The molecule has 0 saturated heterocycles. The second kappa shape index (κ2) is 4.82. The highest BCUT2D eigenvalue weighted by Crippen LogP contribution is 2.30. The van der Waals surface area contributed by atoms with Crippen LogP contribution in [0.15, 0.2) is 46.4 Å². The Morgan fingerprint density at radius 1 is 1.25 bits per heavy atom. The smallest absolute Gasteiger partial charge is 0.192 e. The summed E-state index contributed by atoms with van der Waals surface area (Å²) in [6, 6.07) is 7.03. The van der Waals surface area contributed by atoms with Gasteiger partial charge >= 0.3 is 0 Å². The van der Waals surface area contributed by atoms with Crippen LogP contribution < -0.4 is 0 Å². The lowest BCUT2D eigenvalue weighted by Crippen LogP contribution is -1.99. The highest BCUT2D eigenvalue weighted by molar-refractivity contribution is 6.35. The first-order chi connectivity index (χ1) is 9.69. The fraction of sp³-hybridized carbons (Fsp3) is 0. The summed E-state index contributed by atoms with van der Waals surface area (Å²) in [7, 11) is 0. The summed E-state index contributed by atoms with van der Waals surface area (Å²) in [5.74, 6) is -0.218. The van der Waals surface area contributed by atoms with Crippen molar-refractivity contribution < 1.29 is 4.42 Å². The maximum absolute atomic E-state index is 7.50. The van der Waals surface area contributed by atoms with Gasteiger partial charge < -0.3 is 4.42 Å². The van der Waals surface area contributed by atoms with Crippen LogP contribution in [0.4, 0.5) is 0 Å². The molecule has 2 N–H and O–H groups in total. The lowest BCUT2D eigenvalue weighted by Gasteiger charge is -2.03. The van der Waals surface area contributed by atoms with Crippen molar-refractivity contribution >= 4 is 28.4 Å². The van der Waals surface area contributed by atoms with Crippen LogP contribution in [0.5, 0.6) is 0 Å². The molecule has 0 aliphatic carbocycles. The van der Waals surface area contributed by atoms with E-state index >= 15 is 0 Å². The number of rotatable bonds is 2. The Hall–Kier alpha value is -2.60. The number of benzene rings is 1. The van der Waals surface area contributed by atoms with E-state index in [2.05, 4.69) is 15.1 Å². The number of hydrogen-bond acceptors (Lipinski definition) is 5. The molecule has 0 aliphatic rings. The molecule has 0 saturated carbocycles. The van der Waals surface area contributed by atoms with Crippen molar-refractivity contribution in [3.05, 3.63) is 47.6 Å². The molecule has 0 fully saturated rings. The summed E-state index contributed by atoms with van der Waals surface area (Å²) < 4.78 is 5.28. The van der Waals surface area contributed by atoms with Crippen LogP contribution in [0.1, 0.15) is 5.69 Å². The maximum atomic E-state index is 7.50. The van der Waals surface area contributed by atoms with Crippen molar-refractivity contribution in [3.8, 4) is 11.3 Å². The van der Waals surface area contributed by atoms with E-state index in [-0.39, 0.29) is 11.5 Å². The third-order valence-electron chi connectivity index (χ3n) is 2.82. The molecule has 6 nitrogen and oxygen atoms in total. The van der Waals surface area contributed by atoms with E-state index in [1.807, 2.05) is 12.1 Å². The fourth-order valence-corrected chi connectivity index (χ4v) is 2.16. The molecule has 2 heterocycles. The molecule has 0 radical (unpaired) electrons. The Bertz CT molecular complexity index is 826. The number of fused-ring (bicyclic) bond motifs is 1. The van der Waals surface area contributed by atoms with E-state index in [0.717, 1.165) is 10.9 Å². The molecule has 0 bridgehead atoms. The van der Waals surface area contributed by atoms with E-state index in [0.29, 0.717) is 16.3 Å². The van der Waals surface area contributed by atoms with Crippen LogP contribution in [-0.4, -0.2) is 15.8 Å². The number of halogens is 1. The van der Waals surface area contributed by atoms with Crippen molar-refractivity contribution in [1.29, 1.82) is 10.9 Å². The highest BCUT2D eigenvalue weighted by atomic mass is 35.5. The summed E-state index contributed by atoms with van der Waals surface area (Å²) >= 11 is 6.16. The maximum Gasteiger partial charge on any atom is 0.192 e. The van der Waals surface area contributed by atoms with Gasteiger partial charge in [0.15, 0.2) is 11.4 Å². The molecule has 1 aromatic carbocycles. The van der Waals surface area contributed by atoms with Gasteiger partial charge in [0.25, 0.3) is 0 Å². The molecule has 3 aromatic rings. The summed E-state index contributed by atoms with van der Waals surface area (Å²) in [6.45, 7) is 0. The Labute approximate surface area is 118 Å². The van der Waals surface area contributed by atoms with Gasteiger partial charge in [-0.15, -0.1) is 5.11 Å². The molecule has 20 heavy (non-hydrogen) atoms. The monoisotopic (exact) mass is 285 g/mol. The van der Waals surface area contributed by atoms with Crippen LogP contribution in [0, 0.1) is 10.9 Å². The summed E-state index contributed by atoms with van der Waals surface area (Å²) in [6.07, 6.45) is 2.90. The van der Waals surface area contributed by atoms with Crippen LogP contribution in [0.3, 0.4) is 0 Å². The number of furan rings is 1. The van der Waals surface area contributed by atoms with Gasteiger partial charge in [-0.1, -0.05) is 11.6 Å². The van der Waals surface area contributed by atoms with Crippen molar-refractivity contribution in [2.24, 2.45) is 5.11 Å². The fourth-order valence-electron chi connectivity index (χ4n) is 1.89. The summed E-state index contributed by atoms with van der Waals surface area (Å²) in [4.78, 5) is 8.07. The second-order valence-corrected chi connectivity index (χ2v) is 4.45. The van der Waals surface area contributed by atoms with Crippen LogP contribution in [-0.2, 0) is 0 Å². The first kappa shape index (κ1) is 12.4. The molecule has 0 spiro atoms. The van der Waals surface area contributed by atoms with E-state index in [4.69, 9.17) is 27.0 Å². The third-order valence-corrected chi connectivity index (χ3v) is 3.10. The molecule has 0 unspecified atom stereocenters. The Balaban J connectivity index is 2.15. The van der Waals surface area contributed by atoms with E-state index in [9.17, 15) is 0 Å². The minimum absolute atomic E-state index is 0.218. The number of nitrogens with one attached hydrogen (secondary N) is 2. The first-order valence-electron chi connectivity index (χ1n) is 5.64. The number of aromatic nitrogens is 2. The van der Waals surface area contributed by atoms with Crippen LogP contribution >= 0.6 is 11.6 Å². The average molecular weight is 286 g/mol. The zero-order valence-electron chi connectivity index (χ0n) is 10.1. The van der Waals surface area contributed by atoms with Gasteiger partial charge in [0.1, 0.15) is 12.0 Å². The normalized spacial score (nSPS) is 10.7. The Kier molecular flexibility index (Phi) is 3.00. The Morgan fingerprint density at radius 3 is 2.90 bits per heavy atom. The van der Waals surface area contributed by atoms with Gasteiger partial charge in [0, 0.05) is 10.9 Å². The minimum Gasteiger partial charge on any atom is -0.463 e. The largest absolute Gasteiger partial charge is 0.463 e. The topological polar surface area (TPSA) is 99.0 Å². The van der Waals surface area contributed by atoms with Gasteiger partial charge in [-0.2, -0.15) is 0 Å². The van der Waals surface area contributed by atoms with Crippen LogP contribution in [0.2, 0.25) is 5.02 Å². The second-order valence-electron chi connectivity index (χ2n) is 4.05. The Morgan fingerprint density at radius 2 is 2.10 bits per heavy atom. The lowest BCUT2D eigenvalue weighted by atomic mass is 10.1. The zero-order chi connectivity index (χ0) is 14.1. The molecule has 0 atom stereocenters. The van der Waals surface area contributed by atoms with Gasteiger partial charge in [-0.05, 0) is 24.3 Å². The van der Waals surface area contributed by atoms with E-state index in [1.165, 1.54) is 6.33 Å². The van der Waals surface area contributed by atoms with Gasteiger partial charge in [-0.3, -0.25) is 5.41 Å². The standard InChI is InChI=1S/C13H8ClN5O/c14-9-4-8(3-7-1-2-20-12(7)9)10-5-11(13(15)19-16)18-6-17-10/h1-6,15-16H.